The van der Waals surface area contributed by atoms with E-state index in [-0.39, 0.29) is 0 Å². The lowest BCUT2D eigenvalue weighted by Crippen LogP contribution is -2.59. The van der Waals surface area contributed by atoms with Crippen molar-refractivity contribution in [3.05, 3.63) is 43.5 Å². The first-order valence-corrected chi connectivity index (χ1v) is 8.10. The van der Waals surface area contributed by atoms with Gasteiger partial charge in [-0.1, -0.05) is 0 Å². The minimum atomic E-state index is 0.328. The fourth-order valence-electron chi connectivity index (χ4n) is 2.91. The van der Waals surface area contributed by atoms with Crippen molar-refractivity contribution in [2.24, 2.45) is 0 Å². The summed E-state index contributed by atoms with van der Waals surface area (Å²) in [6.07, 6.45) is 8.10. The second kappa shape index (κ2) is 5.72. The van der Waals surface area contributed by atoms with Gasteiger partial charge < -0.3 is 9.80 Å². The molecule has 4 aromatic rings. The third kappa shape index (κ3) is 2.41. The lowest BCUT2D eigenvalue weighted by molar-refractivity contribution is 0.486. The molecule has 5 heterocycles. The predicted molar refractivity (Wildman–Crippen MR) is 92.1 cm³/mol. The minimum Gasteiger partial charge on any atom is -0.352 e. The van der Waals surface area contributed by atoms with Crippen LogP contribution in [-0.4, -0.2) is 70.7 Å². The molecular weight excluding hydrogens is 334 g/mol. The summed E-state index contributed by atoms with van der Waals surface area (Å²) >= 11 is 0. The molecule has 1 aliphatic rings. The normalized spacial score (nSPS) is 14.6. The van der Waals surface area contributed by atoms with Gasteiger partial charge in [0.1, 0.15) is 30.6 Å². The van der Waals surface area contributed by atoms with Crippen molar-refractivity contribution in [2.75, 3.05) is 29.9 Å². The molecule has 1 saturated heterocycles. The Balaban J connectivity index is 1.30. The van der Waals surface area contributed by atoms with Crippen molar-refractivity contribution in [3.8, 4) is 5.82 Å². The predicted octanol–water partition coefficient (Wildman–Crippen LogP) is -0.180. The number of nitrogens with zero attached hydrogens (tertiary/aromatic N) is 11. The van der Waals surface area contributed by atoms with E-state index in [4.69, 9.17) is 0 Å². The molecule has 0 bridgehead atoms. The van der Waals surface area contributed by atoms with Gasteiger partial charge in [-0.15, -0.1) is 15.3 Å². The maximum absolute atomic E-state index is 4.62. The number of anilines is 2. The van der Waals surface area contributed by atoms with Crippen molar-refractivity contribution in [3.63, 3.8) is 0 Å². The van der Waals surface area contributed by atoms with E-state index in [1.54, 1.807) is 34.2 Å². The number of likely N-dealkylation sites (N-methyl/N-ethyl adjacent to an activating group) is 1. The largest absolute Gasteiger partial charge is 0.352 e. The van der Waals surface area contributed by atoms with Gasteiger partial charge in [0.05, 0.1) is 18.4 Å². The Morgan fingerprint density at radius 1 is 1.08 bits per heavy atom. The average molecular weight is 349 g/mol. The third-order valence-electron chi connectivity index (χ3n) is 4.51. The highest BCUT2D eigenvalue weighted by atomic mass is 15.4. The van der Waals surface area contributed by atoms with E-state index >= 15 is 0 Å². The van der Waals surface area contributed by atoms with E-state index in [1.807, 2.05) is 19.2 Å². The first-order valence-electron chi connectivity index (χ1n) is 8.10. The molecule has 0 N–H and O–H groups in total. The van der Waals surface area contributed by atoms with Crippen molar-refractivity contribution in [2.45, 2.75) is 6.04 Å². The Morgan fingerprint density at radius 2 is 2.00 bits per heavy atom. The van der Waals surface area contributed by atoms with E-state index in [1.165, 1.54) is 6.33 Å². The van der Waals surface area contributed by atoms with Crippen LogP contribution in [0.1, 0.15) is 0 Å². The molecule has 11 nitrogen and oxygen atoms in total. The third-order valence-corrected chi connectivity index (χ3v) is 4.51. The molecule has 0 radical (unpaired) electrons. The fraction of sp³-hybridized carbons (Fsp3) is 0.267. The van der Waals surface area contributed by atoms with Crippen molar-refractivity contribution in [1.82, 2.24) is 44.5 Å². The lowest BCUT2D eigenvalue weighted by atomic mass is 10.1. The molecule has 130 valence electrons. The zero-order valence-corrected chi connectivity index (χ0v) is 14.0. The van der Waals surface area contributed by atoms with Gasteiger partial charge in [-0.3, -0.25) is 4.98 Å². The summed E-state index contributed by atoms with van der Waals surface area (Å²) in [5.74, 6) is 2.34. The van der Waals surface area contributed by atoms with E-state index in [0.29, 0.717) is 11.9 Å². The second-order valence-corrected chi connectivity index (χ2v) is 6.07. The van der Waals surface area contributed by atoms with Crippen LogP contribution < -0.4 is 9.80 Å². The second-order valence-electron chi connectivity index (χ2n) is 6.07. The van der Waals surface area contributed by atoms with Gasteiger partial charge in [0.25, 0.3) is 0 Å². The van der Waals surface area contributed by atoms with Crippen LogP contribution in [-0.2, 0) is 0 Å². The van der Waals surface area contributed by atoms with Crippen molar-refractivity contribution in [1.29, 1.82) is 0 Å². The number of aromatic nitrogens is 9. The summed E-state index contributed by atoms with van der Waals surface area (Å²) in [4.78, 5) is 17.2. The van der Waals surface area contributed by atoms with Crippen LogP contribution in [0.4, 0.5) is 11.6 Å². The summed E-state index contributed by atoms with van der Waals surface area (Å²) in [5, 5.41) is 16.4. The quantitative estimate of drug-likeness (QED) is 0.496. The maximum Gasteiger partial charge on any atom is 0.177 e. The van der Waals surface area contributed by atoms with Crippen LogP contribution >= 0.6 is 0 Å². The molecule has 1 fully saturated rings. The molecule has 0 saturated carbocycles. The number of hydrogen-bond acceptors (Lipinski definition) is 9. The zero-order chi connectivity index (χ0) is 17.5. The molecule has 11 heteroatoms. The minimum absolute atomic E-state index is 0.328. The Bertz CT molecular complexity index is 1030. The molecule has 0 aliphatic carbocycles. The first kappa shape index (κ1) is 14.7. The van der Waals surface area contributed by atoms with E-state index in [0.717, 1.165) is 30.4 Å². The van der Waals surface area contributed by atoms with E-state index in [9.17, 15) is 0 Å². The van der Waals surface area contributed by atoms with Gasteiger partial charge >= 0.3 is 0 Å². The van der Waals surface area contributed by atoms with Crippen molar-refractivity contribution >= 4 is 17.3 Å². The summed E-state index contributed by atoms with van der Waals surface area (Å²) in [6.45, 7) is 1.71. The van der Waals surface area contributed by atoms with Gasteiger partial charge in [-0.2, -0.15) is 9.61 Å². The molecule has 26 heavy (non-hydrogen) atoms. The first-order chi connectivity index (χ1) is 12.8. The van der Waals surface area contributed by atoms with Gasteiger partial charge in [0, 0.05) is 20.1 Å². The van der Waals surface area contributed by atoms with Crippen LogP contribution in [0.3, 0.4) is 0 Å². The van der Waals surface area contributed by atoms with Crippen LogP contribution in [0.5, 0.6) is 0 Å². The monoisotopic (exact) mass is 349 g/mol. The molecule has 5 rings (SSSR count). The molecule has 0 spiro atoms. The van der Waals surface area contributed by atoms with Gasteiger partial charge in [-0.05, 0) is 12.1 Å². The molecule has 0 atom stereocenters. The smallest absolute Gasteiger partial charge is 0.177 e. The number of rotatable bonds is 4. The van der Waals surface area contributed by atoms with Gasteiger partial charge in [0.2, 0.25) is 0 Å². The van der Waals surface area contributed by atoms with Crippen LogP contribution in [0, 0.1) is 0 Å². The average Bonchev–Trinajstić information content (AvgIpc) is 3.32. The SMILES string of the molecule is CN(c1cncc(-n2cncn2)n1)C1CN(c2ccc3nncn3n2)C1. The lowest BCUT2D eigenvalue weighted by Gasteiger charge is -2.44. The molecular formula is C15H15N11. The molecule has 0 aromatic carbocycles. The molecule has 0 unspecified atom stereocenters. The van der Waals surface area contributed by atoms with Gasteiger partial charge in [-0.25, -0.2) is 14.6 Å². The molecule has 0 amide bonds. The zero-order valence-electron chi connectivity index (χ0n) is 14.0. The maximum atomic E-state index is 4.62. The summed E-state index contributed by atoms with van der Waals surface area (Å²) in [7, 11) is 2.02. The van der Waals surface area contributed by atoms with Crippen LogP contribution in [0.15, 0.2) is 43.5 Å². The number of hydrogen-bond donors (Lipinski definition) is 0. The van der Waals surface area contributed by atoms with E-state index in [2.05, 4.69) is 45.1 Å². The van der Waals surface area contributed by atoms with Gasteiger partial charge in [0.15, 0.2) is 11.5 Å². The van der Waals surface area contributed by atoms with E-state index < -0.39 is 0 Å². The van der Waals surface area contributed by atoms with Crippen LogP contribution in [0.25, 0.3) is 11.5 Å². The molecule has 4 aromatic heterocycles. The fourth-order valence-corrected chi connectivity index (χ4v) is 2.91. The summed E-state index contributed by atoms with van der Waals surface area (Å²) < 4.78 is 3.27. The highest BCUT2D eigenvalue weighted by Gasteiger charge is 2.32. The highest BCUT2D eigenvalue weighted by Crippen LogP contribution is 2.24. The van der Waals surface area contributed by atoms with Crippen molar-refractivity contribution < 1.29 is 0 Å². The van der Waals surface area contributed by atoms with Crippen LogP contribution in [0.2, 0.25) is 0 Å². The Labute approximate surface area is 147 Å². The summed E-state index contributed by atoms with van der Waals surface area (Å²) in [5.41, 5.74) is 0.739. The topological polar surface area (TPSA) is 106 Å². The Morgan fingerprint density at radius 3 is 2.85 bits per heavy atom. The number of fused-ring (bicyclic) bond motifs is 1. The molecule has 1 aliphatic heterocycles. The Kier molecular flexibility index (Phi) is 3.23. The highest BCUT2D eigenvalue weighted by molar-refractivity contribution is 5.50. The Hall–Kier alpha value is -3.63. The summed E-state index contributed by atoms with van der Waals surface area (Å²) in [6, 6.07) is 4.21. The standard InChI is InChI=1S/C15H15N11/c1-23(14-4-16-5-15(20-14)25-9-17-8-19-25)11-6-24(7-11)13-3-2-12-21-18-10-26(12)22-13/h2-5,8-11H,6-7H2,1H3.